The maximum atomic E-state index is 12.3. The maximum Gasteiger partial charge on any atom is 0.266 e. The van der Waals surface area contributed by atoms with Gasteiger partial charge in [0.2, 0.25) is 5.13 Å². The second-order valence-corrected chi connectivity index (χ2v) is 6.76. The van der Waals surface area contributed by atoms with Crippen LogP contribution in [0.5, 0.6) is 11.5 Å². The number of amides is 1. The standard InChI is InChI=1S/C18H16ClN3O3S/c1-11(25-15-9-5-13(19)6-10-15)16(23)20-18-22-21-17(26-18)12-3-7-14(24-2)8-4-12/h3-11H,1-2H3,(H,20,22,23). The van der Waals surface area contributed by atoms with Crippen molar-refractivity contribution in [1.29, 1.82) is 0 Å². The summed E-state index contributed by atoms with van der Waals surface area (Å²) in [7, 11) is 1.61. The molecule has 0 aliphatic rings. The molecule has 2 aromatic carbocycles. The number of ether oxygens (including phenoxy) is 2. The molecule has 1 aromatic heterocycles. The summed E-state index contributed by atoms with van der Waals surface area (Å²) in [6.45, 7) is 1.66. The van der Waals surface area contributed by atoms with Crippen LogP contribution in [0, 0.1) is 0 Å². The van der Waals surface area contributed by atoms with Crippen LogP contribution >= 0.6 is 22.9 Å². The van der Waals surface area contributed by atoms with E-state index in [4.69, 9.17) is 21.1 Å². The Morgan fingerprint density at radius 3 is 2.38 bits per heavy atom. The van der Waals surface area contributed by atoms with E-state index in [1.165, 1.54) is 11.3 Å². The fourth-order valence-electron chi connectivity index (χ4n) is 2.10. The Kier molecular flexibility index (Phi) is 5.70. The van der Waals surface area contributed by atoms with Crippen LogP contribution in [0.4, 0.5) is 5.13 Å². The van der Waals surface area contributed by atoms with Crippen molar-refractivity contribution in [3.8, 4) is 22.1 Å². The summed E-state index contributed by atoms with van der Waals surface area (Å²) < 4.78 is 10.7. The summed E-state index contributed by atoms with van der Waals surface area (Å²) in [6, 6.07) is 14.3. The zero-order chi connectivity index (χ0) is 18.5. The van der Waals surface area contributed by atoms with Gasteiger partial charge in [-0.15, -0.1) is 10.2 Å². The van der Waals surface area contributed by atoms with Crippen LogP contribution in [-0.2, 0) is 4.79 Å². The Morgan fingerprint density at radius 2 is 1.73 bits per heavy atom. The SMILES string of the molecule is COc1ccc(-c2nnc(NC(=O)C(C)Oc3ccc(Cl)cc3)s2)cc1. The number of halogens is 1. The normalized spacial score (nSPS) is 11.7. The van der Waals surface area contributed by atoms with Gasteiger partial charge in [-0.25, -0.2) is 0 Å². The predicted octanol–water partition coefficient (Wildman–Crippen LogP) is 4.27. The fraction of sp³-hybridized carbons (Fsp3) is 0.167. The van der Waals surface area contributed by atoms with Crippen LogP contribution in [0.3, 0.4) is 0 Å². The second-order valence-electron chi connectivity index (χ2n) is 5.34. The van der Waals surface area contributed by atoms with Crippen molar-refractivity contribution in [3.63, 3.8) is 0 Å². The highest BCUT2D eigenvalue weighted by Crippen LogP contribution is 2.28. The molecule has 8 heteroatoms. The zero-order valence-corrected chi connectivity index (χ0v) is 15.7. The first-order valence-corrected chi connectivity index (χ1v) is 8.95. The summed E-state index contributed by atoms with van der Waals surface area (Å²) >= 11 is 7.12. The fourth-order valence-corrected chi connectivity index (χ4v) is 2.98. The van der Waals surface area contributed by atoms with E-state index < -0.39 is 6.10 Å². The Labute approximate surface area is 159 Å². The number of methoxy groups -OCH3 is 1. The number of hydrogen-bond donors (Lipinski definition) is 1. The highest BCUT2D eigenvalue weighted by Gasteiger charge is 2.17. The number of anilines is 1. The summed E-state index contributed by atoms with van der Waals surface area (Å²) in [5.74, 6) is 1.02. The molecule has 0 radical (unpaired) electrons. The molecule has 1 N–H and O–H groups in total. The van der Waals surface area contributed by atoms with Gasteiger partial charge >= 0.3 is 0 Å². The van der Waals surface area contributed by atoms with Gasteiger partial charge in [-0.1, -0.05) is 22.9 Å². The Morgan fingerprint density at radius 1 is 1.08 bits per heavy atom. The lowest BCUT2D eigenvalue weighted by atomic mass is 10.2. The molecule has 1 unspecified atom stereocenters. The smallest absolute Gasteiger partial charge is 0.266 e. The summed E-state index contributed by atoms with van der Waals surface area (Å²) in [5.41, 5.74) is 0.897. The Bertz CT molecular complexity index is 881. The first kappa shape index (κ1) is 18.2. The monoisotopic (exact) mass is 389 g/mol. The van der Waals surface area contributed by atoms with Gasteiger partial charge in [0.1, 0.15) is 16.5 Å². The summed E-state index contributed by atoms with van der Waals surface area (Å²) in [5, 5.41) is 12.5. The van der Waals surface area contributed by atoms with Crippen molar-refractivity contribution in [1.82, 2.24) is 10.2 Å². The number of hydrogen-bond acceptors (Lipinski definition) is 6. The highest BCUT2D eigenvalue weighted by molar-refractivity contribution is 7.18. The maximum absolute atomic E-state index is 12.3. The van der Waals surface area contributed by atoms with Gasteiger partial charge in [0.05, 0.1) is 7.11 Å². The van der Waals surface area contributed by atoms with E-state index in [0.717, 1.165) is 11.3 Å². The molecule has 3 rings (SSSR count). The number of carbonyl (C=O) groups is 1. The Balaban J connectivity index is 1.62. The molecule has 0 bridgehead atoms. The first-order chi connectivity index (χ1) is 12.5. The van der Waals surface area contributed by atoms with Crippen molar-refractivity contribution in [2.45, 2.75) is 13.0 Å². The van der Waals surface area contributed by atoms with E-state index in [-0.39, 0.29) is 5.91 Å². The lowest BCUT2D eigenvalue weighted by Gasteiger charge is -2.13. The molecule has 1 atom stereocenters. The van der Waals surface area contributed by atoms with E-state index in [1.54, 1.807) is 38.3 Å². The van der Waals surface area contributed by atoms with Crippen molar-refractivity contribution in [2.75, 3.05) is 12.4 Å². The average Bonchev–Trinajstić information content (AvgIpc) is 3.12. The molecule has 1 amide bonds. The van der Waals surface area contributed by atoms with Crippen LogP contribution in [0.25, 0.3) is 10.6 Å². The molecule has 0 saturated carbocycles. The van der Waals surface area contributed by atoms with Gasteiger partial charge in [-0.3, -0.25) is 10.1 Å². The quantitative estimate of drug-likeness (QED) is 0.681. The van der Waals surface area contributed by atoms with E-state index in [2.05, 4.69) is 15.5 Å². The minimum Gasteiger partial charge on any atom is -0.497 e. The highest BCUT2D eigenvalue weighted by atomic mass is 35.5. The molecule has 134 valence electrons. The number of benzene rings is 2. The molecule has 0 aliphatic carbocycles. The topological polar surface area (TPSA) is 73.3 Å². The number of nitrogens with one attached hydrogen (secondary N) is 1. The summed E-state index contributed by atoms with van der Waals surface area (Å²) in [4.78, 5) is 12.3. The Hall–Kier alpha value is -2.64. The third-order valence-electron chi connectivity index (χ3n) is 3.49. The van der Waals surface area contributed by atoms with Crippen LogP contribution in [0.2, 0.25) is 5.02 Å². The zero-order valence-electron chi connectivity index (χ0n) is 14.1. The van der Waals surface area contributed by atoms with Gasteiger partial charge < -0.3 is 9.47 Å². The molecule has 3 aromatic rings. The van der Waals surface area contributed by atoms with Gasteiger partial charge in [0, 0.05) is 10.6 Å². The largest absolute Gasteiger partial charge is 0.497 e. The minimum absolute atomic E-state index is 0.308. The van der Waals surface area contributed by atoms with Crippen molar-refractivity contribution in [2.24, 2.45) is 0 Å². The average molecular weight is 390 g/mol. The number of carbonyl (C=O) groups excluding carboxylic acids is 1. The molecule has 0 fully saturated rings. The number of nitrogens with zero attached hydrogens (tertiary/aromatic N) is 2. The molecule has 0 spiro atoms. The van der Waals surface area contributed by atoms with Gasteiger partial charge in [-0.2, -0.15) is 0 Å². The third-order valence-corrected chi connectivity index (χ3v) is 4.63. The van der Waals surface area contributed by atoms with E-state index in [0.29, 0.717) is 20.9 Å². The van der Waals surface area contributed by atoms with Crippen molar-refractivity contribution in [3.05, 3.63) is 53.6 Å². The first-order valence-electron chi connectivity index (χ1n) is 7.76. The molecule has 6 nitrogen and oxygen atoms in total. The molecule has 1 heterocycles. The molecule has 0 saturated heterocycles. The predicted molar refractivity (Wildman–Crippen MR) is 102 cm³/mol. The molecular weight excluding hydrogens is 374 g/mol. The van der Waals surface area contributed by atoms with Gasteiger partial charge in [0.25, 0.3) is 5.91 Å². The number of aromatic nitrogens is 2. The van der Waals surface area contributed by atoms with Gasteiger partial charge in [0.15, 0.2) is 6.10 Å². The number of rotatable bonds is 6. The van der Waals surface area contributed by atoms with Crippen LogP contribution in [0.1, 0.15) is 6.92 Å². The summed E-state index contributed by atoms with van der Waals surface area (Å²) in [6.07, 6.45) is -0.690. The van der Waals surface area contributed by atoms with E-state index in [1.807, 2.05) is 24.3 Å². The minimum atomic E-state index is -0.690. The van der Waals surface area contributed by atoms with Crippen LogP contribution < -0.4 is 14.8 Å². The van der Waals surface area contributed by atoms with E-state index in [9.17, 15) is 4.79 Å². The molecular formula is C18H16ClN3O3S. The lowest BCUT2D eigenvalue weighted by molar-refractivity contribution is -0.122. The third kappa shape index (κ3) is 4.50. The van der Waals surface area contributed by atoms with Crippen LogP contribution in [0.15, 0.2) is 48.5 Å². The second kappa shape index (κ2) is 8.16. The van der Waals surface area contributed by atoms with Crippen LogP contribution in [-0.4, -0.2) is 29.3 Å². The van der Waals surface area contributed by atoms with Crippen molar-refractivity contribution < 1.29 is 14.3 Å². The van der Waals surface area contributed by atoms with Crippen molar-refractivity contribution >= 4 is 34.0 Å². The van der Waals surface area contributed by atoms with Gasteiger partial charge in [-0.05, 0) is 55.5 Å². The molecule has 26 heavy (non-hydrogen) atoms. The molecule has 0 aliphatic heterocycles. The van der Waals surface area contributed by atoms with E-state index >= 15 is 0 Å². The lowest BCUT2D eigenvalue weighted by Crippen LogP contribution is -2.30.